The number of allylic oxidation sites excluding steroid dienone is 6. The third kappa shape index (κ3) is 52.6. The maximum absolute atomic E-state index is 12.9. The SMILES string of the molecule is CC/C=C\C/C=C\C/C=C\CCCCCCCCCC(=O)OC(COC(=O)CCCCCCCCCCCCCCC)COP(=O)(O)OCC(CO)OC(=O)CCCCCCCCCCCCCCCCC. The van der Waals surface area contributed by atoms with Crippen molar-refractivity contribution in [1.29, 1.82) is 0 Å². The van der Waals surface area contributed by atoms with E-state index in [1.807, 2.05) is 0 Å². The lowest BCUT2D eigenvalue weighted by Crippen LogP contribution is -2.30. The molecule has 11 nitrogen and oxygen atoms in total. The van der Waals surface area contributed by atoms with E-state index in [1.54, 1.807) is 0 Å². The lowest BCUT2D eigenvalue weighted by Gasteiger charge is -2.21. The van der Waals surface area contributed by atoms with E-state index in [4.69, 9.17) is 23.3 Å². The van der Waals surface area contributed by atoms with E-state index in [-0.39, 0.29) is 25.9 Å². The Balaban J connectivity index is 4.68. The zero-order valence-electron chi connectivity index (χ0n) is 46.7. The van der Waals surface area contributed by atoms with Crippen molar-refractivity contribution in [2.75, 3.05) is 26.4 Å². The van der Waals surface area contributed by atoms with Gasteiger partial charge in [0.1, 0.15) is 12.7 Å². The van der Waals surface area contributed by atoms with Gasteiger partial charge in [-0.2, -0.15) is 0 Å². The average molecular weight is 1040 g/mol. The molecule has 0 saturated carbocycles. The number of hydrogen-bond donors (Lipinski definition) is 2. The van der Waals surface area contributed by atoms with Crippen LogP contribution in [0.3, 0.4) is 0 Å². The molecule has 0 fully saturated rings. The number of esters is 3. The molecule has 3 atom stereocenters. The normalized spacial score (nSPS) is 13.6. The maximum Gasteiger partial charge on any atom is 0.472 e. The largest absolute Gasteiger partial charge is 0.472 e. The van der Waals surface area contributed by atoms with Crippen LogP contribution in [0.2, 0.25) is 0 Å². The smallest absolute Gasteiger partial charge is 0.462 e. The highest BCUT2D eigenvalue weighted by molar-refractivity contribution is 7.47. The molecular weight excluding hydrogens is 928 g/mol. The molecule has 3 unspecified atom stereocenters. The first-order valence-electron chi connectivity index (χ1n) is 29.9. The van der Waals surface area contributed by atoms with Gasteiger partial charge in [-0.05, 0) is 51.4 Å². The minimum Gasteiger partial charge on any atom is -0.462 e. The standard InChI is InChI=1S/C60H111O11P/c1-4-7-10-13-16-19-22-25-27-28-30-33-36-39-42-45-48-51-60(64)71-57(53-67-58(62)49-46-43-40-37-34-31-24-21-18-15-12-9-6-3)55-69-72(65,66)68-54-56(52-61)70-59(63)50-47-44-41-38-35-32-29-26-23-20-17-14-11-8-5-2/h7,10,16,19,25,27,56-57,61H,4-6,8-9,11-15,17-18,20-24,26,28-55H2,1-3H3,(H,65,66)/b10-7-,19-16-,27-25-. The van der Waals surface area contributed by atoms with Gasteiger partial charge >= 0.3 is 25.7 Å². The Morgan fingerprint density at radius 3 is 1.11 bits per heavy atom. The van der Waals surface area contributed by atoms with E-state index in [9.17, 15) is 28.9 Å². The topological polar surface area (TPSA) is 155 Å². The van der Waals surface area contributed by atoms with Gasteiger partial charge in [-0.1, -0.05) is 256 Å². The second-order valence-electron chi connectivity index (χ2n) is 20.1. The predicted molar refractivity (Wildman–Crippen MR) is 298 cm³/mol. The van der Waals surface area contributed by atoms with Crippen LogP contribution in [0.15, 0.2) is 36.5 Å². The van der Waals surface area contributed by atoms with Gasteiger partial charge in [0.05, 0.1) is 19.8 Å². The van der Waals surface area contributed by atoms with E-state index in [2.05, 4.69) is 57.2 Å². The third-order valence-corrected chi connectivity index (χ3v) is 14.0. The summed E-state index contributed by atoms with van der Waals surface area (Å²) in [4.78, 5) is 48.6. The number of aliphatic hydroxyl groups is 1. The van der Waals surface area contributed by atoms with Crippen LogP contribution >= 0.6 is 7.82 Å². The van der Waals surface area contributed by atoms with Gasteiger partial charge in [0.15, 0.2) is 6.10 Å². The van der Waals surface area contributed by atoms with Crippen LogP contribution in [-0.4, -0.2) is 66.5 Å². The van der Waals surface area contributed by atoms with Gasteiger partial charge in [0, 0.05) is 19.3 Å². The van der Waals surface area contributed by atoms with E-state index < -0.39 is 57.8 Å². The zero-order chi connectivity index (χ0) is 52.7. The molecule has 0 aromatic rings. The number of hydrogen-bond acceptors (Lipinski definition) is 10. The monoisotopic (exact) mass is 1040 g/mol. The highest BCUT2D eigenvalue weighted by atomic mass is 31.2. The summed E-state index contributed by atoms with van der Waals surface area (Å²) >= 11 is 0. The molecule has 422 valence electrons. The minimum absolute atomic E-state index is 0.160. The van der Waals surface area contributed by atoms with Gasteiger partial charge in [-0.25, -0.2) is 4.57 Å². The van der Waals surface area contributed by atoms with E-state index in [0.29, 0.717) is 19.3 Å². The highest BCUT2D eigenvalue weighted by Gasteiger charge is 2.28. The van der Waals surface area contributed by atoms with Crippen LogP contribution < -0.4 is 0 Å². The van der Waals surface area contributed by atoms with Crippen molar-refractivity contribution in [3.63, 3.8) is 0 Å². The van der Waals surface area contributed by atoms with E-state index in [1.165, 1.54) is 141 Å². The predicted octanol–water partition coefficient (Wildman–Crippen LogP) is 17.6. The van der Waals surface area contributed by atoms with Crippen molar-refractivity contribution in [1.82, 2.24) is 0 Å². The molecule has 0 aliphatic heterocycles. The first-order valence-corrected chi connectivity index (χ1v) is 31.4. The Bertz CT molecular complexity index is 1350. The van der Waals surface area contributed by atoms with Crippen molar-refractivity contribution >= 4 is 25.7 Å². The molecule has 0 aliphatic rings. The number of rotatable bonds is 56. The second-order valence-corrected chi connectivity index (χ2v) is 21.6. The van der Waals surface area contributed by atoms with Crippen molar-refractivity contribution in [2.24, 2.45) is 0 Å². The van der Waals surface area contributed by atoms with Crippen LogP contribution in [0.4, 0.5) is 0 Å². The van der Waals surface area contributed by atoms with Gasteiger partial charge in [-0.3, -0.25) is 23.4 Å². The quantitative estimate of drug-likeness (QED) is 0.0197. The highest BCUT2D eigenvalue weighted by Crippen LogP contribution is 2.43. The lowest BCUT2D eigenvalue weighted by atomic mass is 10.0. The fraction of sp³-hybridized carbons (Fsp3) is 0.850. The Morgan fingerprint density at radius 2 is 0.722 bits per heavy atom. The van der Waals surface area contributed by atoms with Gasteiger partial charge in [0.25, 0.3) is 0 Å². The number of carbonyl (C=O) groups excluding carboxylic acids is 3. The van der Waals surface area contributed by atoms with Crippen molar-refractivity contribution < 1.29 is 52.2 Å². The molecule has 12 heteroatoms. The molecule has 0 aromatic carbocycles. The Kier molecular flexibility index (Phi) is 53.2. The molecule has 0 aliphatic carbocycles. The Hall–Kier alpha value is -2.30. The summed E-state index contributed by atoms with van der Waals surface area (Å²) in [6.07, 6.45) is 56.6. The fourth-order valence-electron chi connectivity index (χ4n) is 8.55. The third-order valence-electron chi connectivity index (χ3n) is 13.1. The van der Waals surface area contributed by atoms with Gasteiger partial charge < -0.3 is 24.2 Å². The summed E-state index contributed by atoms with van der Waals surface area (Å²) in [5, 5.41) is 9.82. The number of aliphatic hydroxyl groups excluding tert-OH is 1. The summed E-state index contributed by atoms with van der Waals surface area (Å²) < 4.78 is 39.6. The Labute approximate surface area is 441 Å². The first kappa shape index (κ1) is 69.7. The molecule has 0 rings (SSSR count). The van der Waals surface area contributed by atoms with Crippen molar-refractivity contribution in [2.45, 2.75) is 303 Å². The first-order chi connectivity index (χ1) is 35.2. The summed E-state index contributed by atoms with van der Waals surface area (Å²) in [5.41, 5.74) is 0. The molecule has 0 heterocycles. The van der Waals surface area contributed by atoms with Crippen LogP contribution in [0.1, 0.15) is 290 Å². The summed E-state index contributed by atoms with van der Waals surface area (Å²) in [6.45, 7) is 4.57. The zero-order valence-corrected chi connectivity index (χ0v) is 47.6. The number of carbonyl (C=O) groups is 3. The van der Waals surface area contributed by atoms with Crippen LogP contribution in [-0.2, 0) is 42.2 Å². The lowest BCUT2D eigenvalue weighted by molar-refractivity contribution is -0.161. The van der Waals surface area contributed by atoms with Crippen molar-refractivity contribution in [3.8, 4) is 0 Å². The average Bonchev–Trinajstić information content (AvgIpc) is 3.37. The van der Waals surface area contributed by atoms with E-state index in [0.717, 1.165) is 89.9 Å². The van der Waals surface area contributed by atoms with Gasteiger partial charge in [0.2, 0.25) is 0 Å². The molecular formula is C60H111O11P. The van der Waals surface area contributed by atoms with Crippen molar-refractivity contribution in [3.05, 3.63) is 36.5 Å². The summed E-state index contributed by atoms with van der Waals surface area (Å²) in [6, 6.07) is 0. The Morgan fingerprint density at radius 1 is 0.403 bits per heavy atom. The molecule has 2 N–H and O–H groups in total. The number of ether oxygens (including phenoxy) is 3. The minimum atomic E-state index is -4.74. The molecule has 0 amide bonds. The maximum atomic E-state index is 12.9. The molecule has 0 bridgehead atoms. The number of unbranched alkanes of at least 4 members (excludes halogenated alkanes) is 33. The molecule has 0 saturated heterocycles. The van der Waals surface area contributed by atoms with Crippen LogP contribution in [0.25, 0.3) is 0 Å². The molecule has 0 spiro atoms. The van der Waals surface area contributed by atoms with Crippen LogP contribution in [0, 0.1) is 0 Å². The summed E-state index contributed by atoms with van der Waals surface area (Å²) in [7, 11) is -4.74. The number of phosphoric ester groups is 1. The molecule has 0 radical (unpaired) electrons. The second kappa shape index (κ2) is 54.9. The number of phosphoric acid groups is 1. The van der Waals surface area contributed by atoms with Crippen LogP contribution in [0.5, 0.6) is 0 Å². The summed E-state index contributed by atoms with van der Waals surface area (Å²) in [5.74, 6) is -1.45. The fourth-order valence-corrected chi connectivity index (χ4v) is 9.33. The molecule has 72 heavy (non-hydrogen) atoms. The van der Waals surface area contributed by atoms with Gasteiger partial charge in [-0.15, -0.1) is 0 Å². The van der Waals surface area contributed by atoms with E-state index >= 15 is 0 Å². The molecule has 0 aromatic heterocycles.